The first-order valence-electron chi connectivity index (χ1n) is 26.7. The van der Waals surface area contributed by atoms with Crippen molar-refractivity contribution in [3.63, 3.8) is 0 Å². The van der Waals surface area contributed by atoms with Crippen LogP contribution in [0.2, 0.25) is 0 Å². The Labute approximate surface area is 475 Å². The molecule has 0 saturated carbocycles. The molecule has 3 heterocycles. The fourth-order valence-corrected chi connectivity index (χ4v) is 12.9. The number of hydrogen-bond acceptors (Lipinski definition) is 15. The summed E-state index contributed by atoms with van der Waals surface area (Å²) in [6, 6.07) is 54.8. The van der Waals surface area contributed by atoms with Gasteiger partial charge < -0.3 is 42.2 Å². The van der Waals surface area contributed by atoms with Gasteiger partial charge in [-0.2, -0.15) is 5.26 Å². The van der Waals surface area contributed by atoms with Gasteiger partial charge in [-0.05, 0) is 110 Å². The smallest absolute Gasteiger partial charge is 0.259 e. The largest absolute Gasteiger partial charge is 0.497 e. The van der Waals surface area contributed by atoms with Gasteiger partial charge in [0.2, 0.25) is 0 Å². The summed E-state index contributed by atoms with van der Waals surface area (Å²) in [4.78, 5) is 14.5. The molecule has 2 aromatic heterocycles. The maximum atomic E-state index is 9.59. The van der Waals surface area contributed by atoms with Gasteiger partial charge in [-0.25, -0.2) is 19.6 Å². The monoisotopic (exact) mass is 1120 g/mol. The molecule has 0 spiro atoms. The zero-order chi connectivity index (χ0) is 56.1. The molecule has 0 radical (unpaired) electrons. The summed E-state index contributed by atoms with van der Waals surface area (Å²) in [5.41, 5.74) is 4.68. The lowest BCUT2D eigenvalue weighted by Gasteiger charge is -2.39. The van der Waals surface area contributed by atoms with E-state index in [9.17, 15) is 5.26 Å². The van der Waals surface area contributed by atoms with Crippen LogP contribution in [0.4, 0.5) is 0 Å². The van der Waals surface area contributed by atoms with Crippen LogP contribution in [0, 0.1) is 11.3 Å². The van der Waals surface area contributed by atoms with E-state index < -0.39 is 38.2 Å². The van der Waals surface area contributed by atoms with Crippen LogP contribution in [0.15, 0.2) is 175 Å². The lowest BCUT2D eigenvalue weighted by Crippen LogP contribution is -2.39. The maximum Gasteiger partial charge on any atom is 0.259 e. The highest BCUT2D eigenvalue weighted by Crippen LogP contribution is 2.51. The van der Waals surface area contributed by atoms with E-state index in [1.54, 1.807) is 52.9 Å². The number of imidazole rings is 1. The van der Waals surface area contributed by atoms with E-state index in [-0.39, 0.29) is 31.7 Å². The number of methoxy groups -OCH3 is 4. The number of thioether (sulfide) groups is 1. The summed E-state index contributed by atoms with van der Waals surface area (Å²) < 4.78 is 62.1. The second kappa shape index (κ2) is 27.0. The average molecular weight is 1120 g/mol. The minimum absolute atomic E-state index is 0.0714. The standard InChI is InChI=1S/C63H69N6O9PS/c1-44(2)69(45(3)4)79(76-37-15-36-64)78-56-40-58(77-57(56)41-75-63(47-18-13-10-14-19-47,50-24-32-54(72-7)33-25-50)51-26-34-55(73-8)35-27-51)68-43-67-59-60(68)65-42-66-61(59)80-39-38-74-62(46-16-11-9-12-17-46,48-20-28-52(70-5)29-21-48)49-22-30-53(71-6)31-23-49/h9-14,16-35,42-45,56-58H,15,37-41H2,1-8H3/t56-,57+,58+,79?/m0/s1. The minimum Gasteiger partial charge on any atom is -0.497 e. The summed E-state index contributed by atoms with van der Waals surface area (Å²) in [6.07, 6.45) is 2.22. The van der Waals surface area contributed by atoms with Gasteiger partial charge in [0.25, 0.3) is 8.53 Å². The molecule has 0 N–H and O–H groups in total. The van der Waals surface area contributed by atoms with Crippen molar-refractivity contribution in [2.24, 2.45) is 0 Å². The van der Waals surface area contributed by atoms with Gasteiger partial charge in [-0.1, -0.05) is 109 Å². The number of aromatic nitrogens is 4. The molecular weight excluding hydrogens is 1050 g/mol. The van der Waals surface area contributed by atoms with Gasteiger partial charge in [-0.15, -0.1) is 11.8 Å². The molecule has 1 saturated heterocycles. The predicted octanol–water partition coefficient (Wildman–Crippen LogP) is 12.9. The van der Waals surface area contributed by atoms with Crippen LogP contribution in [-0.4, -0.2) is 102 Å². The van der Waals surface area contributed by atoms with E-state index in [4.69, 9.17) is 57.2 Å². The van der Waals surface area contributed by atoms with Crippen LogP contribution >= 0.6 is 20.3 Å². The molecule has 17 heteroatoms. The fourth-order valence-electron chi connectivity index (χ4n) is 10.4. The van der Waals surface area contributed by atoms with Crippen LogP contribution in [-0.2, 0) is 34.5 Å². The van der Waals surface area contributed by atoms with Gasteiger partial charge >= 0.3 is 0 Å². The topological polar surface area (TPSA) is 154 Å². The lowest BCUT2D eigenvalue weighted by atomic mass is 9.80. The number of benzene rings is 6. The molecule has 1 fully saturated rings. The Morgan fingerprint density at radius 1 is 0.625 bits per heavy atom. The predicted molar refractivity (Wildman–Crippen MR) is 311 cm³/mol. The van der Waals surface area contributed by atoms with Crippen molar-refractivity contribution in [1.82, 2.24) is 24.2 Å². The first-order valence-corrected chi connectivity index (χ1v) is 28.9. The second-order valence-corrected chi connectivity index (χ2v) is 22.1. The van der Waals surface area contributed by atoms with E-state index in [0.717, 1.165) is 56.4 Å². The molecule has 416 valence electrons. The molecule has 80 heavy (non-hydrogen) atoms. The quantitative estimate of drug-likeness (QED) is 0.0158. The fraction of sp³-hybridized carbons (Fsp3) is 0.333. The van der Waals surface area contributed by atoms with E-state index in [0.29, 0.717) is 35.0 Å². The Bertz CT molecular complexity index is 3140. The van der Waals surface area contributed by atoms with Crippen molar-refractivity contribution < 1.29 is 42.2 Å². The molecule has 1 aliphatic heterocycles. The molecule has 0 aliphatic carbocycles. The van der Waals surface area contributed by atoms with Crippen LogP contribution < -0.4 is 18.9 Å². The molecule has 0 bridgehead atoms. The Morgan fingerprint density at radius 3 is 1.54 bits per heavy atom. The number of rotatable bonds is 27. The average Bonchev–Trinajstić information content (AvgIpc) is 4.18. The summed E-state index contributed by atoms with van der Waals surface area (Å²) in [5.74, 6) is 3.47. The Morgan fingerprint density at radius 2 is 1.09 bits per heavy atom. The number of nitriles is 1. The Balaban J connectivity index is 1.04. The Kier molecular flexibility index (Phi) is 19.5. The van der Waals surface area contributed by atoms with Gasteiger partial charge in [0, 0.05) is 24.3 Å². The van der Waals surface area contributed by atoms with Crippen molar-refractivity contribution in [1.29, 1.82) is 5.26 Å². The van der Waals surface area contributed by atoms with Crippen LogP contribution in [0.1, 0.15) is 80.1 Å². The van der Waals surface area contributed by atoms with E-state index in [1.165, 1.54) is 0 Å². The lowest BCUT2D eigenvalue weighted by molar-refractivity contribution is -0.0912. The molecule has 0 amide bonds. The molecular formula is C63H69N6O9PS. The normalized spacial score (nSPS) is 16.1. The molecule has 6 aromatic carbocycles. The summed E-state index contributed by atoms with van der Waals surface area (Å²) in [7, 11) is 4.96. The Hall–Kier alpha value is -6.90. The molecule has 4 atom stereocenters. The van der Waals surface area contributed by atoms with Gasteiger partial charge in [0.15, 0.2) is 5.65 Å². The van der Waals surface area contributed by atoms with Crippen LogP contribution in [0.3, 0.4) is 0 Å². The zero-order valence-corrected chi connectivity index (χ0v) is 48.2. The third kappa shape index (κ3) is 12.5. The van der Waals surface area contributed by atoms with Gasteiger partial charge in [0.05, 0.1) is 73.2 Å². The highest BCUT2D eigenvalue weighted by atomic mass is 32.2. The van der Waals surface area contributed by atoms with Crippen LogP contribution in [0.5, 0.6) is 23.0 Å². The second-order valence-electron chi connectivity index (χ2n) is 19.6. The zero-order valence-electron chi connectivity index (χ0n) is 46.5. The third-order valence-corrected chi connectivity index (χ3v) is 17.3. The summed E-state index contributed by atoms with van der Waals surface area (Å²) >= 11 is 1.55. The number of nitrogens with zero attached hydrogens (tertiary/aromatic N) is 6. The summed E-state index contributed by atoms with van der Waals surface area (Å²) in [5, 5.41) is 10.3. The van der Waals surface area contributed by atoms with Crippen LogP contribution in [0.25, 0.3) is 11.2 Å². The van der Waals surface area contributed by atoms with Crippen molar-refractivity contribution in [3.8, 4) is 29.1 Å². The number of fused-ring (bicyclic) bond motifs is 1. The van der Waals surface area contributed by atoms with Crippen molar-refractivity contribution in [2.75, 3.05) is 54.0 Å². The molecule has 9 rings (SSSR count). The highest BCUT2D eigenvalue weighted by molar-refractivity contribution is 7.99. The van der Waals surface area contributed by atoms with Gasteiger partial charge in [0.1, 0.15) is 63.4 Å². The van der Waals surface area contributed by atoms with Gasteiger partial charge in [-0.3, -0.25) is 4.57 Å². The van der Waals surface area contributed by atoms with Crippen molar-refractivity contribution in [3.05, 3.63) is 204 Å². The molecule has 8 aromatic rings. The van der Waals surface area contributed by atoms with E-state index in [1.807, 2.05) is 114 Å². The summed E-state index contributed by atoms with van der Waals surface area (Å²) in [6.45, 7) is 9.15. The van der Waals surface area contributed by atoms with E-state index >= 15 is 0 Å². The molecule has 1 aliphatic rings. The van der Waals surface area contributed by atoms with Crippen molar-refractivity contribution in [2.45, 2.75) is 87.3 Å². The number of ether oxygens (including phenoxy) is 7. The molecule has 1 unspecified atom stereocenters. The van der Waals surface area contributed by atoms with E-state index in [2.05, 4.69) is 87.0 Å². The number of hydrogen-bond donors (Lipinski definition) is 0. The third-order valence-electron chi connectivity index (χ3n) is 14.2. The SMILES string of the molecule is COc1ccc(C(OCCSc2ncnc3c2ncn3[C@H]2C[C@H](OP(OCCC#N)N(C(C)C)C(C)C)[C@@H](COC(c3ccccc3)(c3ccc(OC)cc3)c3ccc(OC)cc3)O2)(c2ccccc2)c2ccc(OC)cc2)cc1. The highest BCUT2D eigenvalue weighted by Gasteiger charge is 2.46. The first-order chi connectivity index (χ1) is 39.1. The first kappa shape index (κ1) is 57.8. The van der Waals surface area contributed by atoms with Crippen molar-refractivity contribution >= 4 is 31.5 Å². The molecule has 15 nitrogen and oxygen atoms in total. The minimum atomic E-state index is -1.68. The maximum absolute atomic E-state index is 9.59.